The fourth-order valence-electron chi connectivity index (χ4n) is 4.04. The predicted octanol–water partition coefficient (Wildman–Crippen LogP) is 3.33. The molecule has 0 spiro atoms. The number of halogens is 1. The van der Waals surface area contributed by atoms with Gasteiger partial charge in [0.15, 0.2) is 0 Å². The molecule has 2 fully saturated rings. The number of benzene rings is 1. The summed E-state index contributed by atoms with van der Waals surface area (Å²) >= 11 is 6.26. The van der Waals surface area contributed by atoms with Crippen LogP contribution in [0.3, 0.4) is 0 Å². The first-order valence-electron chi connectivity index (χ1n) is 9.60. The normalized spacial score (nSPS) is 21.8. The molecule has 0 aromatic heterocycles. The van der Waals surface area contributed by atoms with E-state index < -0.39 is 5.54 Å². The van der Waals surface area contributed by atoms with Crippen molar-refractivity contribution >= 4 is 17.5 Å². The van der Waals surface area contributed by atoms with E-state index in [9.17, 15) is 4.79 Å². The molecule has 4 nitrogen and oxygen atoms in total. The van der Waals surface area contributed by atoms with Gasteiger partial charge in [-0.15, -0.1) is 0 Å². The average Bonchev–Trinajstić information content (AvgIpc) is 2.63. The lowest BCUT2D eigenvalue weighted by Crippen LogP contribution is -2.55. The second kappa shape index (κ2) is 8.52. The van der Waals surface area contributed by atoms with Crippen molar-refractivity contribution in [3.05, 3.63) is 34.9 Å². The molecule has 1 saturated carbocycles. The Kier molecular flexibility index (Phi) is 6.37. The van der Waals surface area contributed by atoms with Gasteiger partial charge < -0.3 is 11.1 Å². The van der Waals surface area contributed by atoms with Gasteiger partial charge in [0.05, 0.1) is 5.54 Å². The second-order valence-corrected chi connectivity index (χ2v) is 8.14. The van der Waals surface area contributed by atoms with Crippen LogP contribution in [0.15, 0.2) is 24.3 Å². The fourth-order valence-corrected chi connectivity index (χ4v) is 4.23. The van der Waals surface area contributed by atoms with Gasteiger partial charge in [0.2, 0.25) is 5.91 Å². The highest BCUT2D eigenvalue weighted by atomic mass is 35.5. The van der Waals surface area contributed by atoms with Crippen LogP contribution in [0.2, 0.25) is 5.02 Å². The number of nitrogens with zero attached hydrogens (tertiary/aromatic N) is 1. The third-order valence-corrected chi connectivity index (χ3v) is 6.18. The Morgan fingerprint density at radius 3 is 2.56 bits per heavy atom. The van der Waals surface area contributed by atoms with Crippen LogP contribution in [0.4, 0.5) is 0 Å². The first-order chi connectivity index (χ1) is 12.1. The van der Waals surface area contributed by atoms with Crippen molar-refractivity contribution in [3.63, 3.8) is 0 Å². The van der Waals surface area contributed by atoms with Crippen molar-refractivity contribution in [3.8, 4) is 0 Å². The van der Waals surface area contributed by atoms with Crippen molar-refractivity contribution < 1.29 is 4.79 Å². The van der Waals surface area contributed by atoms with E-state index in [4.69, 9.17) is 17.3 Å². The summed E-state index contributed by atoms with van der Waals surface area (Å²) in [5.74, 6) is 0.615. The minimum absolute atomic E-state index is 0.0608. The van der Waals surface area contributed by atoms with Crippen LogP contribution in [-0.2, 0) is 11.3 Å². The summed E-state index contributed by atoms with van der Waals surface area (Å²) in [5.41, 5.74) is 6.88. The number of nitrogens with one attached hydrogen (secondary N) is 1. The topological polar surface area (TPSA) is 58.4 Å². The van der Waals surface area contributed by atoms with E-state index in [2.05, 4.69) is 16.3 Å². The molecule has 5 heteroatoms. The van der Waals surface area contributed by atoms with Gasteiger partial charge in [0.25, 0.3) is 0 Å². The third-order valence-electron chi connectivity index (χ3n) is 5.81. The lowest BCUT2D eigenvalue weighted by Gasteiger charge is -2.34. The number of carbonyl (C=O) groups is 1. The lowest BCUT2D eigenvalue weighted by molar-refractivity contribution is -0.127. The SMILES string of the molecule is NC1(C(=O)NCC2CCN(Cc3ccccc3Cl)CC2)CCCCC1. The number of amides is 1. The number of hydrogen-bond donors (Lipinski definition) is 2. The molecule has 138 valence electrons. The first kappa shape index (κ1) is 18.7. The zero-order valence-corrected chi connectivity index (χ0v) is 15.7. The van der Waals surface area contributed by atoms with Crippen LogP contribution >= 0.6 is 11.6 Å². The highest BCUT2D eigenvalue weighted by Gasteiger charge is 2.35. The molecule has 0 radical (unpaired) electrons. The van der Waals surface area contributed by atoms with E-state index in [0.29, 0.717) is 5.92 Å². The summed E-state index contributed by atoms with van der Waals surface area (Å²) in [5, 5.41) is 3.98. The monoisotopic (exact) mass is 363 g/mol. The Morgan fingerprint density at radius 1 is 1.20 bits per heavy atom. The summed E-state index contributed by atoms with van der Waals surface area (Å²) in [6, 6.07) is 8.06. The number of hydrogen-bond acceptors (Lipinski definition) is 3. The molecule has 0 unspecified atom stereocenters. The molecule has 1 aromatic carbocycles. The maximum absolute atomic E-state index is 12.4. The second-order valence-electron chi connectivity index (χ2n) is 7.74. The summed E-state index contributed by atoms with van der Waals surface area (Å²) in [7, 11) is 0. The largest absolute Gasteiger partial charge is 0.354 e. The quantitative estimate of drug-likeness (QED) is 0.843. The molecule has 2 aliphatic rings. The number of carbonyl (C=O) groups excluding carboxylic acids is 1. The molecule has 1 saturated heterocycles. The van der Waals surface area contributed by atoms with Crippen LogP contribution in [0.5, 0.6) is 0 Å². The van der Waals surface area contributed by atoms with Gasteiger partial charge >= 0.3 is 0 Å². The van der Waals surface area contributed by atoms with Crippen LogP contribution in [0.25, 0.3) is 0 Å². The zero-order chi connectivity index (χ0) is 17.7. The summed E-state index contributed by atoms with van der Waals surface area (Å²) in [6.07, 6.45) is 7.24. The highest BCUT2D eigenvalue weighted by molar-refractivity contribution is 6.31. The van der Waals surface area contributed by atoms with E-state index >= 15 is 0 Å². The predicted molar refractivity (Wildman–Crippen MR) is 102 cm³/mol. The van der Waals surface area contributed by atoms with Crippen molar-refractivity contribution in [2.24, 2.45) is 11.7 Å². The van der Waals surface area contributed by atoms with Gasteiger partial charge in [-0.25, -0.2) is 0 Å². The molecular formula is C20H30ClN3O. The highest BCUT2D eigenvalue weighted by Crippen LogP contribution is 2.26. The molecule has 0 bridgehead atoms. The molecule has 0 atom stereocenters. The summed E-state index contributed by atoms with van der Waals surface area (Å²) < 4.78 is 0. The molecule has 1 amide bonds. The minimum Gasteiger partial charge on any atom is -0.354 e. The molecule has 3 rings (SSSR count). The van der Waals surface area contributed by atoms with Gasteiger partial charge in [0, 0.05) is 18.1 Å². The fraction of sp³-hybridized carbons (Fsp3) is 0.650. The molecule has 3 N–H and O–H groups in total. The summed E-state index contributed by atoms with van der Waals surface area (Å²) in [6.45, 7) is 3.78. The van der Waals surface area contributed by atoms with Crippen molar-refractivity contribution in [1.82, 2.24) is 10.2 Å². The number of nitrogens with two attached hydrogens (primary N) is 1. The molecule has 1 aliphatic carbocycles. The molecule has 1 heterocycles. The standard InChI is InChI=1S/C20H30ClN3O/c21-18-7-3-2-6-17(18)15-24-12-8-16(9-13-24)14-23-19(25)20(22)10-4-1-5-11-20/h2-3,6-7,16H,1,4-5,8-15,22H2,(H,23,25). The van der Waals surface area contributed by atoms with Crippen LogP contribution in [0.1, 0.15) is 50.5 Å². The zero-order valence-electron chi connectivity index (χ0n) is 15.0. The van der Waals surface area contributed by atoms with Crippen LogP contribution in [-0.4, -0.2) is 36.0 Å². The minimum atomic E-state index is -0.622. The van der Waals surface area contributed by atoms with Crippen molar-refractivity contribution in [2.45, 2.75) is 57.0 Å². The van der Waals surface area contributed by atoms with Gasteiger partial charge in [-0.05, 0) is 56.3 Å². The Bertz CT molecular complexity index is 578. The molecular weight excluding hydrogens is 334 g/mol. The van der Waals surface area contributed by atoms with Crippen molar-refractivity contribution in [2.75, 3.05) is 19.6 Å². The van der Waals surface area contributed by atoms with Gasteiger partial charge in [-0.2, -0.15) is 0 Å². The van der Waals surface area contributed by atoms with E-state index in [1.54, 1.807) is 0 Å². The lowest BCUT2D eigenvalue weighted by atomic mass is 9.81. The van der Waals surface area contributed by atoms with E-state index in [1.165, 1.54) is 12.0 Å². The number of rotatable bonds is 5. The van der Waals surface area contributed by atoms with Gasteiger partial charge in [-0.3, -0.25) is 9.69 Å². The maximum Gasteiger partial charge on any atom is 0.240 e. The average molecular weight is 364 g/mol. The van der Waals surface area contributed by atoms with E-state index in [0.717, 1.165) is 69.7 Å². The summed E-state index contributed by atoms with van der Waals surface area (Å²) in [4.78, 5) is 14.9. The van der Waals surface area contributed by atoms with Gasteiger partial charge in [-0.1, -0.05) is 49.1 Å². The Labute approximate surface area is 156 Å². The first-order valence-corrected chi connectivity index (χ1v) is 9.97. The Morgan fingerprint density at radius 2 is 1.88 bits per heavy atom. The van der Waals surface area contributed by atoms with Gasteiger partial charge in [0.1, 0.15) is 0 Å². The third kappa shape index (κ3) is 4.96. The van der Waals surface area contributed by atoms with Crippen LogP contribution < -0.4 is 11.1 Å². The smallest absolute Gasteiger partial charge is 0.240 e. The Hall–Kier alpha value is -1.10. The molecule has 25 heavy (non-hydrogen) atoms. The van der Waals surface area contributed by atoms with Crippen LogP contribution in [0, 0.1) is 5.92 Å². The maximum atomic E-state index is 12.4. The Balaban J connectivity index is 1.40. The molecule has 1 aliphatic heterocycles. The van der Waals surface area contributed by atoms with E-state index in [-0.39, 0.29) is 5.91 Å². The van der Waals surface area contributed by atoms with E-state index in [1.807, 2.05) is 18.2 Å². The van der Waals surface area contributed by atoms with Crippen molar-refractivity contribution in [1.29, 1.82) is 0 Å². The number of piperidine rings is 1. The molecule has 1 aromatic rings. The number of likely N-dealkylation sites (tertiary alicyclic amines) is 1.